The SMILES string of the molecule is Cc1ccc(C(=O)[C@@H](C)N(C(=O)c2ccc(Cl)cc2Cl)N2C(=O)CCC2=O)cc1. The monoisotopic (exact) mass is 432 g/mol. The minimum Gasteiger partial charge on any atom is -0.292 e. The number of ketones is 1. The predicted octanol–water partition coefficient (Wildman–Crippen LogP) is 4.08. The number of rotatable bonds is 5. The summed E-state index contributed by atoms with van der Waals surface area (Å²) in [6, 6.07) is 9.96. The van der Waals surface area contributed by atoms with Crippen LogP contribution in [0.5, 0.6) is 0 Å². The summed E-state index contributed by atoms with van der Waals surface area (Å²) in [6.07, 6.45) is -0.0508. The van der Waals surface area contributed by atoms with Crippen LogP contribution < -0.4 is 0 Å². The molecule has 1 aliphatic rings. The van der Waals surface area contributed by atoms with Gasteiger partial charge < -0.3 is 0 Å². The summed E-state index contributed by atoms with van der Waals surface area (Å²) >= 11 is 12.1. The van der Waals surface area contributed by atoms with Crippen LogP contribution in [0, 0.1) is 6.92 Å². The van der Waals surface area contributed by atoms with Crippen LogP contribution in [0.3, 0.4) is 0 Å². The first-order valence-corrected chi connectivity index (χ1v) is 9.71. The molecule has 0 bridgehead atoms. The number of carbonyl (C=O) groups is 4. The lowest BCUT2D eigenvalue weighted by Gasteiger charge is -2.34. The summed E-state index contributed by atoms with van der Waals surface area (Å²) in [5, 5.41) is 2.04. The third-order valence-electron chi connectivity index (χ3n) is 4.69. The molecule has 1 atom stereocenters. The lowest BCUT2D eigenvalue weighted by atomic mass is 10.0. The van der Waals surface area contributed by atoms with Gasteiger partial charge in [0.15, 0.2) is 5.78 Å². The van der Waals surface area contributed by atoms with Gasteiger partial charge in [0.05, 0.1) is 10.6 Å². The van der Waals surface area contributed by atoms with Gasteiger partial charge in [-0.05, 0) is 32.0 Å². The molecule has 0 unspecified atom stereocenters. The quantitative estimate of drug-likeness (QED) is 0.526. The molecule has 0 saturated carbocycles. The second-order valence-corrected chi connectivity index (χ2v) is 7.62. The van der Waals surface area contributed by atoms with E-state index in [0.717, 1.165) is 15.6 Å². The number of hydrazine groups is 1. The van der Waals surface area contributed by atoms with Crippen molar-refractivity contribution in [1.29, 1.82) is 0 Å². The number of hydrogen-bond acceptors (Lipinski definition) is 4. The van der Waals surface area contributed by atoms with E-state index < -0.39 is 29.5 Å². The molecule has 1 saturated heterocycles. The molecule has 0 aliphatic carbocycles. The Morgan fingerprint density at radius 2 is 1.59 bits per heavy atom. The van der Waals surface area contributed by atoms with Crippen LogP contribution >= 0.6 is 23.2 Å². The van der Waals surface area contributed by atoms with Gasteiger partial charge in [0.25, 0.3) is 5.91 Å². The topological polar surface area (TPSA) is 74.8 Å². The molecule has 1 heterocycles. The minimum atomic E-state index is -1.11. The number of nitrogens with zero attached hydrogens (tertiary/aromatic N) is 2. The van der Waals surface area contributed by atoms with Crippen LogP contribution in [0.15, 0.2) is 42.5 Å². The summed E-state index contributed by atoms with van der Waals surface area (Å²) in [6.45, 7) is 3.36. The molecule has 6 nitrogen and oxygen atoms in total. The van der Waals surface area contributed by atoms with Gasteiger partial charge in [-0.15, -0.1) is 0 Å². The van der Waals surface area contributed by atoms with E-state index in [1.807, 2.05) is 6.92 Å². The van der Waals surface area contributed by atoms with Crippen LogP contribution in [0.4, 0.5) is 0 Å². The van der Waals surface area contributed by atoms with E-state index in [1.165, 1.54) is 25.1 Å². The fourth-order valence-corrected chi connectivity index (χ4v) is 3.59. The number of Topliss-reactive ketones (excluding diaryl/α,β-unsaturated/α-hetero) is 1. The Hall–Kier alpha value is -2.70. The number of amides is 3. The number of imide groups is 1. The van der Waals surface area contributed by atoms with Gasteiger partial charge in [-0.3, -0.25) is 19.2 Å². The van der Waals surface area contributed by atoms with Gasteiger partial charge in [-0.25, -0.2) is 5.01 Å². The van der Waals surface area contributed by atoms with Crippen LogP contribution in [-0.4, -0.2) is 39.6 Å². The van der Waals surface area contributed by atoms with Gasteiger partial charge in [-0.1, -0.05) is 53.0 Å². The average Bonchev–Trinajstić information content (AvgIpc) is 3.00. The van der Waals surface area contributed by atoms with Gasteiger partial charge in [-0.2, -0.15) is 5.01 Å². The van der Waals surface area contributed by atoms with Crippen molar-refractivity contribution in [2.45, 2.75) is 32.7 Å². The Bertz CT molecular complexity index is 988. The molecular weight excluding hydrogens is 415 g/mol. The van der Waals surface area contributed by atoms with E-state index in [2.05, 4.69) is 0 Å². The molecule has 1 fully saturated rings. The second kappa shape index (κ2) is 8.35. The highest BCUT2D eigenvalue weighted by molar-refractivity contribution is 6.36. The number of benzene rings is 2. The molecule has 2 aromatic carbocycles. The van der Waals surface area contributed by atoms with Gasteiger partial charge in [0.1, 0.15) is 6.04 Å². The maximum absolute atomic E-state index is 13.3. The molecule has 3 rings (SSSR count). The maximum atomic E-state index is 13.3. The van der Waals surface area contributed by atoms with Crippen molar-refractivity contribution in [3.63, 3.8) is 0 Å². The van der Waals surface area contributed by atoms with E-state index in [4.69, 9.17) is 23.2 Å². The van der Waals surface area contributed by atoms with Crippen molar-refractivity contribution in [2.24, 2.45) is 0 Å². The fourth-order valence-electron chi connectivity index (χ4n) is 3.10. The van der Waals surface area contributed by atoms with Crippen molar-refractivity contribution < 1.29 is 19.2 Å². The number of aryl methyl sites for hydroxylation is 1. The molecular formula is C21H18Cl2N2O4. The summed E-state index contributed by atoms with van der Waals surface area (Å²) < 4.78 is 0. The van der Waals surface area contributed by atoms with Gasteiger partial charge >= 0.3 is 0 Å². The minimum absolute atomic E-state index is 0.0254. The van der Waals surface area contributed by atoms with Crippen LogP contribution in [-0.2, 0) is 9.59 Å². The second-order valence-electron chi connectivity index (χ2n) is 6.78. The Morgan fingerprint density at radius 1 is 1.00 bits per heavy atom. The summed E-state index contributed by atoms with van der Waals surface area (Å²) in [4.78, 5) is 51.0. The molecule has 0 aromatic heterocycles. The van der Waals surface area contributed by atoms with E-state index in [-0.39, 0.29) is 23.4 Å². The first-order chi connectivity index (χ1) is 13.7. The first-order valence-electron chi connectivity index (χ1n) is 8.96. The molecule has 0 spiro atoms. The number of halogens is 2. The number of carbonyl (C=O) groups excluding carboxylic acids is 4. The third-order valence-corrected chi connectivity index (χ3v) is 5.24. The lowest BCUT2D eigenvalue weighted by Crippen LogP contribution is -2.56. The summed E-state index contributed by atoms with van der Waals surface area (Å²) in [5.41, 5.74) is 1.37. The molecule has 0 radical (unpaired) electrons. The smallest absolute Gasteiger partial charge is 0.275 e. The van der Waals surface area contributed by atoms with Crippen molar-refractivity contribution in [1.82, 2.24) is 10.0 Å². The Balaban J connectivity index is 2.04. The molecule has 150 valence electrons. The van der Waals surface area contributed by atoms with Crippen molar-refractivity contribution in [3.05, 3.63) is 69.2 Å². The third kappa shape index (κ3) is 4.18. The Kier molecular flexibility index (Phi) is 6.05. The van der Waals surface area contributed by atoms with Gasteiger partial charge in [0, 0.05) is 23.4 Å². The van der Waals surface area contributed by atoms with E-state index in [1.54, 1.807) is 24.3 Å². The molecule has 8 heteroatoms. The summed E-state index contributed by atoms with van der Waals surface area (Å²) in [5.74, 6) is -2.23. The highest BCUT2D eigenvalue weighted by atomic mass is 35.5. The van der Waals surface area contributed by atoms with E-state index >= 15 is 0 Å². The number of hydrogen-bond donors (Lipinski definition) is 0. The lowest BCUT2D eigenvalue weighted by molar-refractivity contribution is -0.154. The van der Waals surface area contributed by atoms with E-state index in [0.29, 0.717) is 10.6 Å². The first kappa shape index (κ1) is 21.0. The van der Waals surface area contributed by atoms with Crippen LogP contribution in [0.25, 0.3) is 0 Å². The maximum Gasteiger partial charge on any atom is 0.275 e. The molecule has 3 amide bonds. The zero-order chi connectivity index (χ0) is 21.3. The van der Waals surface area contributed by atoms with Crippen molar-refractivity contribution in [3.8, 4) is 0 Å². The largest absolute Gasteiger partial charge is 0.292 e. The molecule has 2 aromatic rings. The summed E-state index contributed by atoms with van der Waals surface area (Å²) in [7, 11) is 0. The average molecular weight is 433 g/mol. The van der Waals surface area contributed by atoms with Gasteiger partial charge in [0.2, 0.25) is 11.8 Å². The van der Waals surface area contributed by atoms with Crippen molar-refractivity contribution in [2.75, 3.05) is 0 Å². The zero-order valence-corrected chi connectivity index (χ0v) is 17.3. The molecule has 29 heavy (non-hydrogen) atoms. The van der Waals surface area contributed by atoms with Crippen LogP contribution in [0.1, 0.15) is 46.0 Å². The van der Waals surface area contributed by atoms with Crippen molar-refractivity contribution >= 4 is 46.7 Å². The van der Waals surface area contributed by atoms with E-state index in [9.17, 15) is 19.2 Å². The highest BCUT2D eigenvalue weighted by Gasteiger charge is 2.42. The Morgan fingerprint density at radius 3 is 2.14 bits per heavy atom. The fraction of sp³-hybridized carbons (Fsp3) is 0.238. The predicted molar refractivity (Wildman–Crippen MR) is 109 cm³/mol. The Labute approximate surface area is 178 Å². The zero-order valence-electron chi connectivity index (χ0n) is 15.8. The highest BCUT2D eigenvalue weighted by Crippen LogP contribution is 2.27. The molecule has 0 N–H and O–H groups in total. The molecule has 1 aliphatic heterocycles. The normalized spacial score (nSPS) is 14.8. The van der Waals surface area contributed by atoms with Crippen LogP contribution in [0.2, 0.25) is 10.0 Å². The standard InChI is InChI=1S/C21H18Cl2N2O4/c1-12-3-5-14(6-4-12)20(28)13(2)24(25-18(26)9-10-19(25)27)21(29)16-8-7-15(22)11-17(16)23/h3-8,11,13H,9-10H2,1-2H3/t13-/m1/s1.